The molecule has 0 radical (unpaired) electrons. The first-order chi connectivity index (χ1) is 19.5. The molecule has 226 valence electrons. The fourth-order valence-corrected chi connectivity index (χ4v) is 8.58. The largest absolute Gasteiger partial charge is 0.387 e. The zero-order chi connectivity index (χ0) is 30.9. The van der Waals surface area contributed by atoms with Crippen molar-refractivity contribution in [1.82, 2.24) is 9.97 Å². The molecule has 42 heavy (non-hydrogen) atoms. The molecule has 3 unspecified atom stereocenters. The number of nitrogens with one attached hydrogen (secondary N) is 2. The smallest absolute Gasteiger partial charge is 0.255 e. The summed E-state index contributed by atoms with van der Waals surface area (Å²) < 4.78 is 68.0. The molecule has 0 spiro atoms. The summed E-state index contributed by atoms with van der Waals surface area (Å²) in [6.07, 6.45) is 0.150. The molecular weight excluding hydrogens is 599 g/mol. The number of hydrogen-bond donors (Lipinski definition) is 5. The van der Waals surface area contributed by atoms with Crippen molar-refractivity contribution in [3.8, 4) is 0 Å². The van der Waals surface area contributed by atoms with Crippen LogP contribution in [-0.2, 0) is 15.4 Å². The lowest BCUT2D eigenvalue weighted by Gasteiger charge is -2.61. The van der Waals surface area contributed by atoms with E-state index in [0.717, 1.165) is 6.07 Å². The van der Waals surface area contributed by atoms with Gasteiger partial charge < -0.3 is 25.6 Å². The van der Waals surface area contributed by atoms with E-state index in [0.29, 0.717) is 12.1 Å². The van der Waals surface area contributed by atoms with Crippen LogP contribution in [0.15, 0.2) is 41.4 Å². The number of H-pyrrole nitrogens is 1. The maximum absolute atomic E-state index is 13.8. The predicted molar refractivity (Wildman–Crippen MR) is 146 cm³/mol. The third-order valence-electron chi connectivity index (χ3n) is 8.55. The van der Waals surface area contributed by atoms with E-state index in [1.807, 2.05) is 6.92 Å². The molecule has 2 bridgehead atoms. The highest BCUT2D eigenvalue weighted by molar-refractivity contribution is 7.92. The Bertz CT molecular complexity index is 1640. The molecule has 1 heterocycles. The first-order valence-electron chi connectivity index (χ1n) is 13.1. The lowest BCUT2D eigenvalue weighted by atomic mass is 9.47. The molecule has 3 fully saturated rings. The standard InChI is InChI=1S/C28H29ClF3N3O6S/c1-12-16-9-15(10-17(12)28(16,39)26-33-11-21(35-26)24(36)27(2,3)38)42(40,41)22-6-13(4-5-18(22)29)25(37)34-14-7-19(30)23(32)20(31)8-14/h4-8,11-12,15-17,24,36,38-39H,9-10H2,1-3H3,(H,33,35)(H,34,37)/t12-,15?,16?,17?,24?,28+. The molecule has 14 heteroatoms. The highest BCUT2D eigenvalue weighted by atomic mass is 35.5. The van der Waals surface area contributed by atoms with Crippen LogP contribution in [0, 0.1) is 35.2 Å². The highest BCUT2D eigenvalue weighted by Crippen LogP contribution is 2.63. The Hall–Kier alpha value is -2.97. The highest BCUT2D eigenvalue weighted by Gasteiger charge is 2.66. The molecule has 3 aliphatic carbocycles. The van der Waals surface area contributed by atoms with Crippen LogP contribution in [0.5, 0.6) is 0 Å². The van der Waals surface area contributed by atoms with E-state index in [4.69, 9.17) is 11.6 Å². The van der Waals surface area contributed by atoms with Crippen LogP contribution in [0.4, 0.5) is 18.9 Å². The van der Waals surface area contributed by atoms with Crippen LogP contribution < -0.4 is 5.32 Å². The topological polar surface area (TPSA) is 153 Å². The average Bonchev–Trinajstić information content (AvgIpc) is 3.42. The van der Waals surface area contributed by atoms with Gasteiger partial charge in [-0.05, 0) is 62.6 Å². The van der Waals surface area contributed by atoms with E-state index in [2.05, 4.69) is 15.3 Å². The number of sulfone groups is 1. The second kappa shape index (κ2) is 10.3. The van der Waals surface area contributed by atoms with Crippen molar-refractivity contribution in [1.29, 1.82) is 0 Å². The number of aromatic amines is 1. The number of carbonyl (C=O) groups excluding carboxylic acids is 1. The van der Waals surface area contributed by atoms with Crippen molar-refractivity contribution >= 4 is 33.0 Å². The molecule has 9 nitrogen and oxygen atoms in total. The Morgan fingerprint density at radius 1 is 1.17 bits per heavy atom. The maximum Gasteiger partial charge on any atom is 0.255 e. The number of halogens is 4. The average molecular weight is 628 g/mol. The zero-order valence-electron chi connectivity index (χ0n) is 22.7. The molecule has 0 aliphatic heterocycles. The molecule has 1 aromatic heterocycles. The Morgan fingerprint density at radius 3 is 2.33 bits per heavy atom. The number of nitrogens with zero attached hydrogens (tertiary/aromatic N) is 1. The maximum atomic E-state index is 13.8. The molecule has 0 saturated heterocycles. The van der Waals surface area contributed by atoms with Crippen LogP contribution in [-0.4, -0.2) is 50.5 Å². The SMILES string of the molecule is CC(C)(O)C(O)c1cnc([C@]2(O)C3CC(S(=O)(=O)c4cc(C(=O)Nc5cc(F)c(F)c(F)c5)ccc4Cl)CC2[C@@H]3C)[nH]1. The lowest BCUT2D eigenvalue weighted by molar-refractivity contribution is -0.229. The first-order valence-corrected chi connectivity index (χ1v) is 15.1. The third-order valence-corrected chi connectivity index (χ3v) is 11.2. The molecule has 2 aromatic carbocycles. The van der Waals surface area contributed by atoms with E-state index < -0.39 is 67.6 Å². The van der Waals surface area contributed by atoms with Crippen molar-refractivity contribution in [2.75, 3.05) is 5.32 Å². The minimum absolute atomic E-state index is 0.0432. The molecule has 3 atom stereocenters. The lowest BCUT2D eigenvalue weighted by Crippen LogP contribution is -2.65. The van der Waals surface area contributed by atoms with Gasteiger partial charge in [0.1, 0.15) is 17.5 Å². The van der Waals surface area contributed by atoms with Crippen molar-refractivity contribution < 1.29 is 41.7 Å². The summed E-state index contributed by atoms with van der Waals surface area (Å²) in [5.74, 6) is -6.49. The number of aromatic nitrogens is 2. The molecular formula is C28H29ClF3N3O6S. The second-order valence-corrected chi connectivity index (χ2v) is 14.2. The number of amides is 1. The first kappa shape index (κ1) is 30.5. The van der Waals surface area contributed by atoms with Gasteiger partial charge in [0.25, 0.3) is 5.91 Å². The normalized spacial score (nSPS) is 26.4. The summed E-state index contributed by atoms with van der Waals surface area (Å²) in [5.41, 5.74) is -3.27. The van der Waals surface area contributed by atoms with Crippen LogP contribution in [0.2, 0.25) is 5.02 Å². The Morgan fingerprint density at radius 2 is 1.76 bits per heavy atom. The summed E-state index contributed by atoms with van der Waals surface area (Å²) in [6, 6.07) is 4.70. The van der Waals surface area contributed by atoms with Crippen LogP contribution in [0.1, 0.15) is 61.6 Å². The van der Waals surface area contributed by atoms with Gasteiger partial charge in [0.15, 0.2) is 27.3 Å². The van der Waals surface area contributed by atoms with Gasteiger partial charge in [-0.25, -0.2) is 26.6 Å². The molecule has 5 N–H and O–H groups in total. The number of hydrogen-bond acceptors (Lipinski definition) is 7. The molecule has 6 rings (SSSR count). The van der Waals surface area contributed by atoms with Crippen LogP contribution in [0.3, 0.4) is 0 Å². The number of fused-ring (bicyclic) bond motifs is 2. The van der Waals surface area contributed by atoms with Gasteiger partial charge in [0.2, 0.25) is 0 Å². The second-order valence-electron chi connectivity index (χ2n) is 11.6. The summed E-state index contributed by atoms with van der Waals surface area (Å²) in [5, 5.41) is 33.3. The van der Waals surface area contributed by atoms with Crippen molar-refractivity contribution in [2.45, 2.75) is 61.1 Å². The summed E-state index contributed by atoms with van der Waals surface area (Å²) >= 11 is 6.26. The number of rotatable bonds is 7. The van der Waals surface area contributed by atoms with E-state index >= 15 is 0 Å². The van der Waals surface area contributed by atoms with E-state index in [1.54, 1.807) is 0 Å². The predicted octanol–water partition coefficient (Wildman–Crippen LogP) is 4.24. The quantitative estimate of drug-likeness (QED) is 0.246. The zero-order valence-corrected chi connectivity index (χ0v) is 24.3. The van der Waals surface area contributed by atoms with Gasteiger partial charge >= 0.3 is 0 Å². The Kier molecular flexibility index (Phi) is 7.50. The van der Waals surface area contributed by atoms with E-state index in [-0.39, 0.29) is 51.4 Å². The molecule has 3 aromatic rings. The van der Waals surface area contributed by atoms with Gasteiger partial charge in [-0.2, -0.15) is 0 Å². The Labute approximate surface area is 244 Å². The van der Waals surface area contributed by atoms with Gasteiger partial charge in [0.05, 0.1) is 32.7 Å². The summed E-state index contributed by atoms with van der Waals surface area (Å²) in [4.78, 5) is 19.6. The third kappa shape index (κ3) is 4.90. The number of imidazole rings is 1. The number of aliphatic hydroxyl groups excluding tert-OH is 1. The van der Waals surface area contributed by atoms with Gasteiger partial charge in [-0.1, -0.05) is 18.5 Å². The fraction of sp³-hybridized carbons (Fsp3) is 0.429. The summed E-state index contributed by atoms with van der Waals surface area (Å²) in [6.45, 7) is 4.75. The van der Waals surface area contributed by atoms with Crippen LogP contribution >= 0.6 is 11.6 Å². The van der Waals surface area contributed by atoms with Crippen molar-refractivity contribution in [3.63, 3.8) is 0 Å². The van der Waals surface area contributed by atoms with E-state index in [9.17, 15) is 41.7 Å². The number of anilines is 1. The monoisotopic (exact) mass is 627 g/mol. The van der Waals surface area contributed by atoms with Crippen LogP contribution in [0.25, 0.3) is 0 Å². The number of aliphatic hydroxyl groups is 3. The van der Waals surface area contributed by atoms with Gasteiger partial charge in [-0.3, -0.25) is 4.79 Å². The van der Waals surface area contributed by atoms with Crippen molar-refractivity contribution in [2.24, 2.45) is 17.8 Å². The van der Waals surface area contributed by atoms with Gasteiger partial charge in [-0.15, -0.1) is 0 Å². The summed E-state index contributed by atoms with van der Waals surface area (Å²) in [7, 11) is -4.12. The Balaban J connectivity index is 1.38. The minimum Gasteiger partial charge on any atom is -0.387 e. The van der Waals surface area contributed by atoms with Gasteiger partial charge in [0, 0.05) is 23.4 Å². The van der Waals surface area contributed by atoms with Crippen molar-refractivity contribution in [3.05, 3.63) is 76.1 Å². The number of benzene rings is 2. The fourth-order valence-electron chi connectivity index (χ4n) is 6.23. The molecule has 1 amide bonds. The number of carbonyl (C=O) groups is 1. The molecule has 3 aliphatic rings. The van der Waals surface area contributed by atoms with E-state index in [1.165, 1.54) is 32.2 Å². The molecule has 3 saturated carbocycles. The minimum atomic E-state index is -4.12.